The van der Waals surface area contributed by atoms with E-state index in [2.05, 4.69) is 37.0 Å². The van der Waals surface area contributed by atoms with Crippen LogP contribution in [0, 0.1) is 5.92 Å². The molecule has 0 bridgehead atoms. The van der Waals surface area contributed by atoms with E-state index in [-0.39, 0.29) is 35.3 Å². The Hall–Kier alpha value is -5.39. The summed E-state index contributed by atoms with van der Waals surface area (Å²) in [5, 5.41) is 9.45. The number of hydrazone groups is 1. The third kappa shape index (κ3) is 14.0. The number of carbonyl (C=O) groups is 4. The molecule has 268 valence electrons. The SMILES string of the molecule is CC(C)C[C@H](N)C(=O)Nc1ccc(COC(=O)NNC(=O)CCCCCNC(=O)c2ccc(NN=Cc3ccccc3S(=O)(=O)O)nc2)cc1. The number of benzene rings is 2. The minimum absolute atomic E-state index is 0.0441. The van der Waals surface area contributed by atoms with E-state index < -0.39 is 28.2 Å². The Balaban J connectivity index is 1.25. The number of unbranched alkanes of at least 4 members (excludes halogenated alkanes) is 2. The first kappa shape index (κ1) is 39.1. The van der Waals surface area contributed by atoms with E-state index in [4.69, 9.17) is 10.5 Å². The third-order valence-electron chi connectivity index (χ3n) is 6.93. The number of ether oxygens (including phenoxy) is 1. The zero-order valence-electron chi connectivity index (χ0n) is 27.7. The smallest absolute Gasteiger partial charge is 0.426 e. The van der Waals surface area contributed by atoms with Crippen LogP contribution in [-0.2, 0) is 31.1 Å². The van der Waals surface area contributed by atoms with E-state index in [9.17, 15) is 32.1 Å². The van der Waals surface area contributed by atoms with E-state index in [1.54, 1.807) is 30.3 Å². The summed E-state index contributed by atoms with van der Waals surface area (Å²) in [6.07, 6.45) is 4.28. The van der Waals surface area contributed by atoms with Crippen molar-refractivity contribution in [2.24, 2.45) is 16.8 Å². The van der Waals surface area contributed by atoms with Gasteiger partial charge in [0, 0.05) is 30.4 Å². The number of aromatic nitrogens is 1. The summed E-state index contributed by atoms with van der Waals surface area (Å²) < 4.78 is 37.4. The number of pyridine rings is 1. The summed E-state index contributed by atoms with van der Waals surface area (Å²) in [4.78, 5) is 52.4. The average molecular weight is 711 g/mol. The van der Waals surface area contributed by atoms with E-state index in [1.807, 2.05) is 13.8 Å². The summed E-state index contributed by atoms with van der Waals surface area (Å²) in [6, 6.07) is 15.0. The van der Waals surface area contributed by atoms with Gasteiger partial charge in [-0.25, -0.2) is 15.2 Å². The van der Waals surface area contributed by atoms with Crippen LogP contribution in [0.1, 0.15) is 67.4 Å². The lowest BCUT2D eigenvalue weighted by molar-refractivity contribution is -0.122. The quantitative estimate of drug-likeness (QED) is 0.0464. The molecule has 0 aliphatic rings. The van der Waals surface area contributed by atoms with Gasteiger partial charge in [0.2, 0.25) is 11.8 Å². The van der Waals surface area contributed by atoms with Gasteiger partial charge in [-0.2, -0.15) is 13.5 Å². The maximum atomic E-state index is 12.4. The Morgan fingerprint density at radius 3 is 2.40 bits per heavy atom. The number of nitrogens with two attached hydrogens (primary N) is 1. The van der Waals surface area contributed by atoms with Crippen molar-refractivity contribution in [1.82, 2.24) is 21.2 Å². The minimum Gasteiger partial charge on any atom is -0.443 e. The highest BCUT2D eigenvalue weighted by atomic mass is 32.2. The molecule has 2 aromatic carbocycles. The van der Waals surface area contributed by atoms with Gasteiger partial charge in [-0.05, 0) is 61.1 Å². The van der Waals surface area contributed by atoms with Crippen LogP contribution < -0.4 is 32.6 Å². The second-order valence-electron chi connectivity index (χ2n) is 11.6. The van der Waals surface area contributed by atoms with Gasteiger partial charge in [0.25, 0.3) is 16.0 Å². The molecule has 1 heterocycles. The van der Waals surface area contributed by atoms with Gasteiger partial charge < -0.3 is 21.1 Å². The Morgan fingerprint density at radius 1 is 0.980 bits per heavy atom. The molecule has 0 radical (unpaired) electrons. The van der Waals surface area contributed by atoms with Gasteiger partial charge >= 0.3 is 6.09 Å². The molecule has 17 heteroatoms. The fourth-order valence-corrected chi connectivity index (χ4v) is 5.05. The van der Waals surface area contributed by atoms with Crippen molar-refractivity contribution in [3.63, 3.8) is 0 Å². The van der Waals surface area contributed by atoms with Gasteiger partial charge in [-0.3, -0.25) is 29.8 Å². The summed E-state index contributed by atoms with van der Waals surface area (Å²) >= 11 is 0. The molecule has 0 aliphatic heterocycles. The molecule has 0 saturated carbocycles. The summed E-state index contributed by atoms with van der Waals surface area (Å²) in [5.41, 5.74) is 14.8. The van der Waals surface area contributed by atoms with Crippen molar-refractivity contribution >= 4 is 51.7 Å². The molecule has 1 atom stereocenters. The largest absolute Gasteiger partial charge is 0.443 e. The maximum Gasteiger partial charge on any atom is 0.426 e. The predicted molar refractivity (Wildman–Crippen MR) is 186 cm³/mol. The van der Waals surface area contributed by atoms with Crippen LogP contribution in [0.25, 0.3) is 0 Å². The first-order valence-electron chi connectivity index (χ1n) is 15.8. The highest BCUT2D eigenvalue weighted by Gasteiger charge is 2.16. The summed E-state index contributed by atoms with van der Waals surface area (Å²) in [5.74, 6) is -0.395. The lowest BCUT2D eigenvalue weighted by Gasteiger charge is -2.14. The molecular weight excluding hydrogens is 668 g/mol. The second-order valence-corrected chi connectivity index (χ2v) is 12.9. The summed E-state index contributed by atoms with van der Waals surface area (Å²) in [7, 11) is -4.41. The van der Waals surface area contributed by atoms with Crippen LogP contribution in [0.4, 0.5) is 16.3 Å². The standard InChI is InChI=1S/C33H42N8O8S/c1-22(2)18-27(34)32(44)38-26-14-11-23(12-15-26)21-49-33(45)41-40-30(42)10-4-3-7-17-35-31(43)25-13-16-29(36-19-25)39-37-20-24-8-5-6-9-28(24)50(46,47)48/h5-6,8-9,11-16,19-20,22,27H,3-4,7,10,17-18,21,34H2,1-2H3,(H,35,43)(H,36,39)(H,38,44)(H,40,42)(H,41,45)(H,46,47,48)/t27-/m0/s1. The molecule has 0 unspecified atom stereocenters. The van der Waals surface area contributed by atoms with E-state index in [0.29, 0.717) is 60.8 Å². The first-order valence-corrected chi connectivity index (χ1v) is 17.2. The molecule has 0 spiro atoms. The Morgan fingerprint density at radius 2 is 1.72 bits per heavy atom. The van der Waals surface area contributed by atoms with Crippen molar-refractivity contribution in [3.8, 4) is 0 Å². The van der Waals surface area contributed by atoms with E-state index in [0.717, 1.165) is 0 Å². The Kier molecular flexibility index (Phi) is 15.3. The monoisotopic (exact) mass is 710 g/mol. The lowest BCUT2D eigenvalue weighted by Crippen LogP contribution is -2.41. The number of hydrogen-bond donors (Lipinski definition) is 7. The van der Waals surface area contributed by atoms with Crippen LogP contribution in [0.15, 0.2) is 76.9 Å². The molecule has 0 aliphatic carbocycles. The fraction of sp³-hybridized carbons (Fsp3) is 0.333. The number of nitrogens with one attached hydrogen (secondary N) is 5. The summed E-state index contributed by atoms with van der Waals surface area (Å²) in [6.45, 7) is 4.31. The highest BCUT2D eigenvalue weighted by Crippen LogP contribution is 2.14. The van der Waals surface area contributed by atoms with E-state index in [1.165, 1.54) is 42.7 Å². The zero-order chi connectivity index (χ0) is 36.5. The number of carbonyl (C=O) groups excluding carboxylic acids is 4. The minimum atomic E-state index is -4.41. The number of anilines is 2. The van der Waals surface area contributed by atoms with Gasteiger partial charge in [0.05, 0.1) is 17.8 Å². The molecule has 50 heavy (non-hydrogen) atoms. The maximum absolute atomic E-state index is 12.4. The molecule has 16 nitrogen and oxygen atoms in total. The van der Waals surface area contributed by atoms with Crippen LogP contribution in [0.3, 0.4) is 0 Å². The number of hydrazine groups is 1. The van der Waals surface area contributed by atoms with Crippen molar-refractivity contribution < 1.29 is 36.9 Å². The topological polar surface area (TPSA) is 243 Å². The number of amides is 4. The lowest BCUT2D eigenvalue weighted by atomic mass is 10.0. The van der Waals surface area contributed by atoms with Gasteiger partial charge in [0.1, 0.15) is 17.3 Å². The zero-order valence-corrected chi connectivity index (χ0v) is 28.5. The van der Waals surface area contributed by atoms with Gasteiger partial charge in [0.15, 0.2) is 0 Å². The predicted octanol–water partition coefficient (Wildman–Crippen LogP) is 3.33. The van der Waals surface area contributed by atoms with Gasteiger partial charge in [-0.15, -0.1) is 0 Å². The number of nitrogens with zero attached hydrogens (tertiary/aromatic N) is 2. The van der Waals surface area contributed by atoms with Crippen LogP contribution in [0.2, 0.25) is 0 Å². The first-order chi connectivity index (χ1) is 23.8. The molecule has 3 aromatic rings. The second kappa shape index (κ2) is 19.6. The third-order valence-corrected chi connectivity index (χ3v) is 7.86. The van der Waals surface area contributed by atoms with Crippen molar-refractivity contribution in [2.45, 2.75) is 63.5 Å². The Bertz CT molecular complexity index is 1730. The molecule has 1 aromatic heterocycles. The Labute approximate surface area is 290 Å². The van der Waals surface area contributed by atoms with Gasteiger partial charge in [-0.1, -0.05) is 50.6 Å². The molecular formula is C33H42N8O8S. The molecule has 0 fully saturated rings. The number of hydrogen-bond acceptors (Lipinski definition) is 11. The molecule has 8 N–H and O–H groups in total. The van der Waals surface area contributed by atoms with Crippen LogP contribution >= 0.6 is 0 Å². The van der Waals surface area contributed by atoms with Crippen LogP contribution in [0.5, 0.6) is 0 Å². The average Bonchev–Trinajstić information content (AvgIpc) is 3.08. The van der Waals surface area contributed by atoms with Crippen molar-refractivity contribution in [3.05, 3.63) is 83.6 Å². The van der Waals surface area contributed by atoms with Crippen molar-refractivity contribution in [2.75, 3.05) is 17.3 Å². The molecule has 4 amide bonds. The molecule has 0 saturated heterocycles. The molecule has 3 rings (SSSR count). The highest BCUT2D eigenvalue weighted by molar-refractivity contribution is 7.86. The van der Waals surface area contributed by atoms with E-state index >= 15 is 0 Å². The van der Waals surface area contributed by atoms with Crippen molar-refractivity contribution in [1.29, 1.82) is 0 Å². The van der Waals surface area contributed by atoms with Crippen LogP contribution in [-0.4, -0.2) is 60.6 Å². The normalized spacial score (nSPS) is 11.9. The number of rotatable bonds is 17. The fourth-order valence-electron chi connectivity index (χ4n) is 4.38.